The van der Waals surface area contributed by atoms with Gasteiger partial charge in [-0.15, -0.1) is 11.3 Å². The average Bonchev–Trinajstić information content (AvgIpc) is 2.43. The highest BCUT2D eigenvalue weighted by molar-refractivity contribution is 9.11. The fourth-order valence-electron chi connectivity index (χ4n) is 1.55. The summed E-state index contributed by atoms with van der Waals surface area (Å²) in [5.41, 5.74) is 2.16. The normalized spacial score (nSPS) is 10.9. The first-order valence-corrected chi connectivity index (χ1v) is 7.94. The Morgan fingerprint density at radius 1 is 1.24 bits per heavy atom. The van der Waals surface area contributed by atoms with Crippen molar-refractivity contribution < 1.29 is 0 Å². The molecule has 0 amide bonds. The summed E-state index contributed by atoms with van der Waals surface area (Å²) in [6.45, 7) is 4.14. The highest BCUT2D eigenvalue weighted by Gasteiger charge is 2.14. The number of aromatic nitrogens is 1. The van der Waals surface area contributed by atoms with E-state index in [0.717, 1.165) is 24.3 Å². The van der Waals surface area contributed by atoms with Gasteiger partial charge in [0.25, 0.3) is 0 Å². The second kappa shape index (κ2) is 5.13. The van der Waals surface area contributed by atoms with Gasteiger partial charge in [-0.3, -0.25) is 4.57 Å². The SMILES string of the molecule is Cc1sc(=S)n(-c2c(Br)cc(Cl)cc2Br)c1C. The topological polar surface area (TPSA) is 4.93 Å². The molecule has 1 aromatic heterocycles. The molecular formula is C11H8Br2ClNS2. The molecule has 0 radical (unpaired) electrons. The molecule has 0 atom stereocenters. The van der Waals surface area contributed by atoms with Crippen LogP contribution >= 0.6 is 67.0 Å². The van der Waals surface area contributed by atoms with Crippen LogP contribution in [0.25, 0.3) is 5.69 Å². The van der Waals surface area contributed by atoms with Gasteiger partial charge in [-0.25, -0.2) is 0 Å². The monoisotopic (exact) mass is 411 g/mol. The van der Waals surface area contributed by atoms with Crippen molar-refractivity contribution in [3.05, 3.63) is 40.6 Å². The van der Waals surface area contributed by atoms with E-state index in [1.54, 1.807) is 11.3 Å². The summed E-state index contributed by atoms with van der Waals surface area (Å²) in [7, 11) is 0. The molecule has 1 heterocycles. The molecule has 0 saturated carbocycles. The van der Waals surface area contributed by atoms with Crippen molar-refractivity contribution in [2.75, 3.05) is 0 Å². The molecule has 0 fully saturated rings. The van der Waals surface area contributed by atoms with Crippen LogP contribution in [0, 0.1) is 17.8 Å². The van der Waals surface area contributed by atoms with Crippen LogP contribution in [0.2, 0.25) is 5.02 Å². The summed E-state index contributed by atoms with van der Waals surface area (Å²) in [6.07, 6.45) is 0. The first-order chi connectivity index (χ1) is 7.91. The molecule has 1 aromatic carbocycles. The molecule has 0 saturated heterocycles. The zero-order valence-electron chi connectivity index (χ0n) is 9.05. The Bertz CT molecular complexity index is 622. The van der Waals surface area contributed by atoms with E-state index in [-0.39, 0.29) is 0 Å². The Balaban J connectivity index is 2.82. The molecule has 0 N–H and O–H groups in total. The molecule has 6 heteroatoms. The van der Waals surface area contributed by atoms with Gasteiger partial charge in [-0.1, -0.05) is 11.6 Å². The van der Waals surface area contributed by atoms with Crippen molar-refractivity contribution in [1.29, 1.82) is 0 Å². The Labute approximate surface area is 131 Å². The van der Waals surface area contributed by atoms with Crippen LogP contribution in [-0.2, 0) is 0 Å². The van der Waals surface area contributed by atoms with Gasteiger partial charge < -0.3 is 0 Å². The maximum atomic E-state index is 6.00. The van der Waals surface area contributed by atoms with E-state index in [0.29, 0.717) is 5.02 Å². The lowest BCUT2D eigenvalue weighted by Gasteiger charge is -2.11. The molecule has 90 valence electrons. The van der Waals surface area contributed by atoms with Crippen molar-refractivity contribution in [2.45, 2.75) is 13.8 Å². The van der Waals surface area contributed by atoms with Gasteiger partial charge in [0.1, 0.15) is 0 Å². The first-order valence-electron chi connectivity index (χ1n) is 4.75. The zero-order chi connectivity index (χ0) is 12.7. The third kappa shape index (κ3) is 2.54. The van der Waals surface area contributed by atoms with Gasteiger partial charge in [0.15, 0.2) is 3.95 Å². The minimum Gasteiger partial charge on any atom is -0.294 e. The summed E-state index contributed by atoms with van der Waals surface area (Å²) in [5.74, 6) is 0. The van der Waals surface area contributed by atoms with E-state index in [9.17, 15) is 0 Å². The molecule has 0 unspecified atom stereocenters. The second-order valence-corrected chi connectivity index (χ2v) is 7.56. The molecule has 0 bridgehead atoms. The standard InChI is InChI=1S/C11H8Br2ClNS2/c1-5-6(2)17-11(16)15(5)10-8(12)3-7(14)4-9(10)13/h3-4H,1-2H3. The molecule has 1 nitrogen and oxygen atoms in total. The predicted octanol–water partition coefficient (Wildman–Crippen LogP) is 6.06. The smallest absolute Gasteiger partial charge is 0.166 e. The number of benzene rings is 1. The first kappa shape index (κ1) is 13.7. The number of aryl methyl sites for hydroxylation is 1. The fraction of sp³-hybridized carbons (Fsp3) is 0.182. The second-order valence-electron chi connectivity index (χ2n) is 3.56. The molecule has 0 aliphatic carbocycles. The van der Waals surface area contributed by atoms with Crippen molar-refractivity contribution in [3.63, 3.8) is 0 Å². The third-order valence-electron chi connectivity index (χ3n) is 2.47. The van der Waals surface area contributed by atoms with Crippen LogP contribution in [0.15, 0.2) is 21.1 Å². The van der Waals surface area contributed by atoms with Gasteiger partial charge in [-0.05, 0) is 70.1 Å². The Morgan fingerprint density at radius 2 is 1.76 bits per heavy atom. The van der Waals surface area contributed by atoms with Crippen molar-refractivity contribution >= 4 is 67.0 Å². The minimum atomic E-state index is 0.684. The summed E-state index contributed by atoms with van der Waals surface area (Å²) >= 11 is 20.1. The molecule has 2 rings (SSSR count). The third-order valence-corrected chi connectivity index (χ3v) is 5.29. The number of hydrogen-bond donors (Lipinski definition) is 0. The number of rotatable bonds is 1. The number of thiazole rings is 1. The Kier molecular flexibility index (Phi) is 4.15. The molecular weight excluding hydrogens is 406 g/mol. The molecule has 0 spiro atoms. The van der Waals surface area contributed by atoms with E-state index in [2.05, 4.69) is 50.3 Å². The minimum absolute atomic E-state index is 0.684. The van der Waals surface area contributed by atoms with Crippen LogP contribution in [-0.4, -0.2) is 4.57 Å². The van der Waals surface area contributed by atoms with Crippen LogP contribution in [0.5, 0.6) is 0 Å². The van der Waals surface area contributed by atoms with Crippen LogP contribution in [0.1, 0.15) is 10.6 Å². The van der Waals surface area contributed by atoms with E-state index in [1.165, 1.54) is 4.88 Å². The van der Waals surface area contributed by atoms with Gasteiger partial charge in [0, 0.05) is 24.5 Å². The van der Waals surface area contributed by atoms with Crippen LogP contribution in [0.3, 0.4) is 0 Å². The molecule has 17 heavy (non-hydrogen) atoms. The Hall–Kier alpha value is 0.320. The fourth-order valence-corrected chi connectivity index (χ4v) is 5.00. The lowest BCUT2D eigenvalue weighted by atomic mass is 10.3. The number of nitrogens with zero attached hydrogens (tertiary/aromatic N) is 1. The highest BCUT2D eigenvalue weighted by atomic mass is 79.9. The lowest BCUT2D eigenvalue weighted by Crippen LogP contribution is -1.99. The highest BCUT2D eigenvalue weighted by Crippen LogP contribution is 2.35. The Morgan fingerprint density at radius 3 is 2.18 bits per heavy atom. The number of hydrogen-bond acceptors (Lipinski definition) is 2. The van der Waals surface area contributed by atoms with Crippen LogP contribution in [0.4, 0.5) is 0 Å². The maximum Gasteiger partial charge on any atom is 0.166 e. The van der Waals surface area contributed by atoms with Gasteiger partial charge in [0.05, 0.1) is 5.69 Å². The van der Waals surface area contributed by atoms with Crippen molar-refractivity contribution in [3.8, 4) is 5.69 Å². The van der Waals surface area contributed by atoms with Gasteiger partial charge >= 0.3 is 0 Å². The summed E-state index contributed by atoms with van der Waals surface area (Å²) in [6, 6.07) is 3.74. The van der Waals surface area contributed by atoms with E-state index >= 15 is 0 Å². The predicted molar refractivity (Wildman–Crippen MR) is 84.4 cm³/mol. The van der Waals surface area contributed by atoms with E-state index in [4.69, 9.17) is 23.8 Å². The van der Waals surface area contributed by atoms with E-state index in [1.807, 2.05) is 12.1 Å². The molecule has 0 aliphatic rings. The van der Waals surface area contributed by atoms with Crippen molar-refractivity contribution in [1.82, 2.24) is 4.57 Å². The summed E-state index contributed by atoms with van der Waals surface area (Å²) < 4.78 is 4.74. The maximum absolute atomic E-state index is 6.00. The van der Waals surface area contributed by atoms with Crippen molar-refractivity contribution in [2.24, 2.45) is 0 Å². The molecule has 0 aliphatic heterocycles. The largest absolute Gasteiger partial charge is 0.294 e. The number of halogens is 3. The lowest BCUT2D eigenvalue weighted by molar-refractivity contribution is 0.982. The average molecular weight is 414 g/mol. The van der Waals surface area contributed by atoms with Crippen LogP contribution < -0.4 is 0 Å². The van der Waals surface area contributed by atoms with Gasteiger partial charge in [-0.2, -0.15) is 0 Å². The molecule has 2 aromatic rings. The summed E-state index contributed by atoms with van der Waals surface area (Å²) in [5, 5.41) is 0.684. The van der Waals surface area contributed by atoms with Gasteiger partial charge in [0.2, 0.25) is 0 Å². The van der Waals surface area contributed by atoms with E-state index < -0.39 is 0 Å². The summed E-state index contributed by atoms with van der Waals surface area (Å²) in [4.78, 5) is 1.23. The quantitative estimate of drug-likeness (QED) is 0.514. The zero-order valence-corrected chi connectivity index (χ0v) is 14.6.